The van der Waals surface area contributed by atoms with Gasteiger partial charge in [-0.1, -0.05) is 24.3 Å². The Labute approximate surface area is 195 Å². The highest BCUT2D eigenvalue weighted by Gasteiger charge is 2.53. The summed E-state index contributed by atoms with van der Waals surface area (Å²) in [7, 11) is 1.07. The van der Waals surface area contributed by atoms with Crippen LogP contribution in [0.5, 0.6) is 11.5 Å². The molecule has 4 N–H and O–H groups in total. The van der Waals surface area contributed by atoms with Crippen molar-refractivity contribution in [3.63, 3.8) is 0 Å². The topological polar surface area (TPSA) is 160 Å². The van der Waals surface area contributed by atoms with Crippen LogP contribution in [-0.4, -0.2) is 69.4 Å². The van der Waals surface area contributed by atoms with Crippen molar-refractivity contribution in [1.29, 1.82) is 0 Å². The van der Waals surface area contributed by atoms with Crippen molar-refractivity contribution >= 4 is 17.9 Å². The first kappa shape index (κ1) is 25.0. The summed E-state index contributed by atoms with van der Waals surface area (Å²) >= 11 is 0. The predicted molar refractivity (Wildman–Crippen MR) is 116 cm³/mol. The number of methoxy groups -OCH3 is 1. The Morgan fingerprint density at radius 2 is 1.32 bits per heavy atom. The molecule has 1 aliphatic carbocycles. The molecule has 34 heavy (non-hydrogen) atoms. The maximum absolute atomic E-state index is 12.5. The van der Waals surface area contributed by atoms with Crippen LogP contribution in [0.25, 0.3) is 0 Å². The SMILES string of the molecule is COC(=O)[C@]1(O)C[C@H](O)[C@@H](OC(=O)Cc2ccc(O)cc2)[C@H](OC(=O)Cc2ccc(O)cc2)C1. The molecule has 10 heteroatoms. The zero-order valence-electron chi connectivity index (χ0n) is 18.4. The lowest BCUT2D eigenvalue weighted by atomic mass is 9.79. The van der Waals surface area contributed by atoms with Gasteiger partial charge in [0.15, 0.2) is 11.7 Å². The average molecular weight is 474 g/mol. The minimum atomic E-state index is -2.14. The Hall–Kier alpha value is -3.63. The van der Waals surface area contributed by atoms with E-state index < -0.39 is 54.7 Å². The van der Waals surface area contributed by atoms with E-state index in [1.54, 1.807) is 0 Å². The number of ether oxygens (including phenoxy) is 3. The lowest BCUT2D eigenvalue weighted by molar-refractivity contribution is -0.209. The highest BCUT2D eigenvalue weighted by atomic mass is 16.6. The maximum Gasteiger partial charge on any atom is 0.338 e. The van der Waals surface area contributed by atoms with Crippen LogP contribution < -0.4 is 0 Å². The van der Waals surface area contributed by atoms with Gasteiger partial charge >= 0.3 is 17.9 Å². The fraction of sp³-hybridized carbons (Fsp3) is 0.375. The normalized spacial score (nSPS) is 24.1. The lowest BCUT2D eigenvalue weighted by Gasteiger charge is -2.41. The first-order valence-corrected chi connectivity index (χ1v) is 10.5. The van der Waals surface area contributed by atoms with E-state index in [1.165, 1.54) is 48.5 Å². The summed E-state index contributed by atoms with van der Waals surface area (Å²) in [5, 5.41) is 40.1. The Bertz CT molecular complexity index is 1020. The van der Waals surface area contributed by atoms with Gasteiger partial charge in [-0.2, -0.15) is 0 Å². The Morgan fingerprint density at radius 3 is 1.79 bits per heavy atom. The highest BCUT2D eigenvalue weighted by molar-refractivity contribution is 5.80. The number of hydrogen-bond donors (Lipinski definition) is 4. The number of carbonyl (C=O) groups excluding carboxylic acids is 3. The van der Waals surface area contributed by atoms with Gasteiger partial charge in [0, 0.05) is 12.8 Å². The average Bonchev–Trinajstić information content (AvgIpc) is 2.78. The smallest absolute Gasteiger partial charge is 0.338 e. The van der Waals surface area contributed by atoms with Gasteiger partial charge in [0.25, 0.3) is 0 Å². The molecule has 2 aromatic rings. The molecular weight excluding hydrogens is 448 g/mol. The molecule has 0 heterocycles. The summed E-state index contributed by atoms with van der Waals surface area (Å²) in [5.74, 6) is -2.45. The van der Waals surface area contributed by atoms with Crippen LogP contribution in [0.15, 0.2) is 48.5 Å². The third-order valence-corrected chi connectivity index (χ3v) is 5.52. The first-order chi connectivity index (χ1) is 16.1. The molecule has 4 atom stereocenters. The van der Waals surface area contributed by atoms with E-state index in [4.69, 9.17) is 9.47 Å². The highest BCUT2D eigenvalue weighted by Crippen LogP contribution is 2.34. The van der Waals surface area contributed by atoms with Gasteiger partial charge in [0.2, 0.25) is 0 Å². The molecule has 10 nitrogen and oxygen atoms in total. The minimum Gasteiger partial charge on any atom is -0.508 e. The van der Waals surface area contributed by atoms with Crippen molar-refractivity contribution in [1.82, 2.24) is 0 Å². The molecule has 1 saturated carbocycles. The quantitative estimate of drug-likeness (QED) is 0.333. The monoisotopic (exact) mass is 474 g/mol. The fourth-order valence-corrected chi connectivity index (χ4v) is 3.83. The summed E-state index contributed by atoms with van der Waals surface area (Å²) < 4.78 is 15.4. The van der Waals surface area contributed by atoms with Crippen molar-refractivity contribution in [3.8, 4) is 11.5 Å². The number of carbonyl (C=O) groups is 3. The Morgan fingerprint density at radius 1 is 0.853 bits per heavy atom. The predicted octanol–water partition coefficient (Wildman–Crippen LogP) is 0.765. The maximum atomic E-state index is 12.5. The molecule has 0 aromatic heterocycles. The molecular formula is C24H26O10. The minimum absolute atomic E-state index is 0.0243. The fourth-order valence-electron chi connectivity index (χ4n) is 3.83. The molecule has 182 valence electrons. The molecule has 2 aromatic carbocycles. The van der Waals surface area contributed by atoms with Gasteiger partial charge < -0.3 is 34.6 Å². The number of hydrogen-bond acceptors (Lipinski definition) is 10. The summed E-state index contributed by atoms with van der Waals surface area (Å²) in [6.07, 6.45) is -5.50. The third-order valence-electron chi connectivity index (χ3n) is 5.52. The van der Waals surface area contributed by atoms with Gasteiger partial charge in [-0.15, -0.1) is 0 Å². The molecule has 0 bridgehead atoms. The summed E-state index contributed by atoms with van der Waals surface area (Å²) in [4.78, 5) is 37.2. The van der Waals surface area contributed by atoms with E-state index in [0.29, 0.717) is 11.1 Å². The molecule has 1 aliphatic rings. The number of aromatic hydroxyl groups is 2. The molecule has 3 rings (SSSR count). The zero-order chi connectivity index (χ0) is 24.9. The van der Waals surface area contributed by atoms with Crippen molar-refractivity contribution in [2.24, 2.45) is 0 Å². The second kappa shape index (κ2) is 10.5. The number of rotatable bonds is 7. The van der Waals surface area contributed by atoms with Crippen LogP contribution in [0.3, 0.4) is 0 Å². The second-order valence-electron chi connectivity index (χ2n) is 8.17. The summed E-state index contributed by atoms with van der Waals surface area (Å²) in [6, 6.07) is 11.7. The molecule has 0 amide bonds. The van der Waals surface area contributed by atoms with Crippen LogP contribution in [0.4, 0.5) is 0 Å². The van der Waals surface area contributed by atoms with Crippen molar-refractivity contribution < 1.29 is 49.0 Å². The first-order valence-electron chi connectivity index (χ1n) is 10.5. The molecule has 0 aliphatic heterocycles. The largest absolute Gasteiger partial charge is 0.508 e. The van der Waals surface area contributed by atoms with E-state index >= 15 is 0 Å². The number of phenolic OH excluding ortho intramolecular Hbond substituents is 2. The lowest BCUT2D eigenvalue weighted by Crippen LogP contribution is -2.58. The van der Waals surface area contributed by atoms with Crippen molar-refractivity contribution in [3.05, 3.63) is 59.7 Å². The van der Waals surface area contributed by atoms with Gasteiger partial charge in [0.05, 0.1) is 26.1 Å². The third kappa shape index (κ3) is 6.24. The van der Waals surface area contributed by atoms with E-state index in [9.17, 15) is 34.8 Å². The Kier molecular flexibility index (Phi) is 7.75. The van der Waals surface area contributed by atoms with E-state index in [2.05, 4.69) is 4.74 Å². The van der Waals surface area contributed by atoms with Gasteiger partial charge in [-0.3, -0.25) is 9.59 Å². The van der Waals surface area contributed by atoms with Gasteiger partial charge in [-0.05, 0) is 35.4 Å². The van der Waals surface area contributed by atoms with Crippen LogP contribution in [0.1, 0.15) is 24.0 Å². The second-order valence-corrected chi connectivity index (χ2v) is 8.17. The molecule has 0 unspecified atom stereocenters. The van der Waals surface area contributed by atoms with Gasteiger partial charge in [-0.25, -0.2) is 4.79 Å². The van der Waals surface area contributed by atoms with Crippen molar-refractivity contribution in [2.75, 3.05) is 7.11 Å². The molecule has 0 spiro atoms. The number of aliphatic hydroxyl groups is 2. The van der Waals surface area contributed by atoms with Gasteiger partial charge in [0.1, 0.15) is 17.6 Å². The number of esters is 3. The van der Waals surface area contributed by atoms with E-state index in [-0.39, 0.29) is 24.3 Å². The van der Waals surface area contributed by atoms with Crippen molar-refractivity contribution in [2.45, 2.75) is 49.6 Å². The van der Waals surface area contributed by atoms with Crippen LogP contribution in [0.2, 0.25) is 0 Å². The van der Waals surface area contributed by atoms with Crippen LogP contribution >= 0.6 is 0 Å². The summed E-state index contributed by atoms with van der Waals surface area (Å²) in [5.41, 5.74) is -1.07. The number of aliphatic hydroxyl groups excluding tert-OH is 1. The molecule has 0 saturated heterocycles. The number of benzene rings is 2. The van der Waals surface area contributed by atoms with E-state index in [0.717, 1.165) is 7.11 Å². The summed E-state index contributed by atoms with van der Waals surface area (Å²) in [6.45, 7) is 0. The zero-order valence-corrected chi connectivity index (χ0v) is 18.4. The van der Waals surface area contributed by atoms with Crippen LogP contribution in [0, 0.1) is 0 Å². The van der Waals surface area contributed by atoms with Crippen LogP contribution in [-0.2, 0) is 41.4 Å². The van der Waals surface area contributed by atoms with E-state index in [1.807, 2.05) is 0 Å². The molecule has 0 radical (unpaired) electrons. The standard InChI is InChI=1S/C24H26O10/c1-32-23(30)24(31)12-18(27)22(34-21(29)11-15-4-8-17(26)9-5-15)19(13-24)33-20(28)10-14-2-6-16(25)7-3-14/h2-9,18-19,22,25-27,31H,10-13H2,1H3/t18-,19+,22+,24-/m0/s1. The number of phenols is 2. The Balaban J connectivity index is 1.74. The molecule has 1 fully saturated rings.